The second-order valence-corrected chi connectivity index (χ2v) is 7.20. The van der Waals surface area contributed by atoms with Crippen molar-refractivity contribution in [1.29, 1.82) is 0 Å². The maximum Gasteiger partial charge on any atom is 0.466 e. The van der Waals surface area contributed by atoms with E-state index in [0.29, 0.717) is 0 Å². The lowest BCUT2D eigenvalue weighted by atomic mass is 10.3. The quantitative estimate of drug-likeness (QED) is 0.700. The fraction of sp³-hybridized carbons (Fsp3) is 0. The smallest absolute Gasteiger partial charge is 0.413 e. The fourth-order valence-corrected chi connectivity index (χ4v) is 3.87. The lowest BCUT2D eigenvalue weighted by Crippen LogP contribution is -2.14. The lowest BCUT2D eigenvalue weighted by molar-refractivity contribution is 0.346. The van der Waals surface area contributed by atoms with Crippen molar-refractivity contribution in [3.8, 4) is 11.5 Å². The summed E-state index contributed by atoms with van der Waals surface area (Å²) in [5, 5.41) is 0. The van der Waals surface area contributed by atoms with Crippen LogP contribution in [0.15, 0.2) is 60.7 Å². The summed E-state index contributed by atoms with van der Waals surface area (Å²) in [5.74, 6) is 0.158. The highest BCUT2D eigenvalue weighted by Crippen LogP contribution is 2.51. The van der Waals surface area contributed by atoms with Gasteiger partial charge in [0.25, 0.3) is 0 Å². The average molecular weight is 329 g/mol. The van der Waals surface area contributed by atoms with Crippen LogP contribution in [0, 0.1) is 0 Å². The summed E-state index contributed by atoms with van der Waals surface area (Å²) in [6, 6.07) is 15.5. The second-order valence-electron chi connectivity index (χ2n) is 3.95. The molecule has 2 atom stereocenters. The first-order valence-electron chi connectivity index (χ1n) is 5.81. The molecule has 112 valence electrons. The molecule has 2 unspecified atom stereocenters. The number of hydrogen-bond donors (Lipinski definition) is 3. The summed E-state index contributed by atoms with van der Waals surface area (Å²) in [6.07, 6.45) is 0. The molecule has 0 spiro atoms. The summed E-state index contributed by atoms with van der Waals surface area (Å²) < 4.78 is 33.1. The van der Waals surface area contributed by atoms with Gasteiger partial charge < -0.3 is 18.8 Å². The molecule has 2 aromatic carbocycles. The van der Waals surface area contributed by atoms with Gasteiger partial charge in [0, 0.05) is 0 Å². The maximum absolute atomic E-state index is 11.8. The van der Waals surface area contributed by atoms with E-state index in [2.05, 4.69) is 0 Å². The highest BCUT2D eigenvalue weighted by atomic mass is 31.3. The minimum Gasteiger partial charge on any atom is -0.413 e. The Morgan fingerprint density at radius 1 is 0.714 bits per heavy atom. The van der Waals surface area contributed by atoms with Crippen LogP contribution >= 0.6 is 15.5 Å². The molecule has 0 saturated carbocycles. The first-order chi connectivity index (χ1) is 9.86. The zero-order valence-corrected chi connectivity index (χ0v) is 12.5. The van der Waals surface area contributed by atoms with Gasteiger partial charge in [0.2, 0.25) is 0 Å². The van der Waals surface area contributed by atoms with Gasteiger partial charge in [-0.1, -0.05) is 36.4 Å². The highest BCUT2D eigenvalue weighted by Gasteiger charge is 2.34. The van der Waals surface area contributed by atoms with Crippen LogP contribution in [0.3, 0.4) is 0 Å². The molecular formula is C12H13NO6P2. The van der Waals surface area contributed by atoms with E-state index >= 15 is 0 Å². The standard InChI is InChI=1S/C12H13NO6P2/c14-20(15,18-11-7-3-1-4-8-11)13-21(16,17)19-12-9-5-2-6-10-12/h1-10H,(H3,13,14,15,16,17). The molecular weight excluding hydrogens is 316 g/mol. The largest absolute Gasteiger partial charge is 0.466 e. The molecule has 9 heteroatoms. The van der Waals surface area contributed by atoms with E-state index in [4.69, 9.17) is 9.05 Å². The molecule has 3 N–H and O–H groups in total. The van der Waals surface area contributed by atoms with E-state index < -0.39 is 15.5 Å². The van der Waals surface area contributed by atoms with E-state index in [1.165, 1.54) is 24.3 Å². The topological polar surface area (TPSA) is 105 Å². The van der Waals surface area contributed by atoms with E-state index in [1.807, 2.05) is 0 Å². The van der Waals surface area contributed by atoms with Gasteiger partial charge in [-0.05, 0) is 24.3 Å². The monoisotopic (exact) mass is 329 g/mol. The zero-order chi connectivity index (χ0) is 15.3. The van der Waals surface area contributed by atoms with Crippen LogP contribution in [-0.2, 0) is 9.13 Å². The third kappa shape index (κ3) is 5.34. The van der Waals surface area contributed by atoms with E-state index in [9.17, 15) is 18.9 Å². The summed E-state index contributed by atoms with van der Waals surface area (Å²) >= 11 is 0. The van der Waals surface area contributed by atoms with Crippen LogP contribution < -0.4 is 13.9 Å². The minimum absolute atomic E-state index is 0.0792. The highest BCUT2D eigenvalue weighted by molar-refractivity contribution is 7.67. The molecule has 21 heavy (non-hydrogen) atoms. The molecule has 2 rings (SSSR count). The summed E-state index contributed by atoms with van der Waals surface area (Å²) in [4.78, 5) is 20.8. The molecule has 0 fully saturated rings. The molecule has 7 nitrogen and oxygen atoms in total. The lowest BCUT2D eigenvalue weighted by Gasteiger charge is -2.18. The van der Waals surface area contributed by atoms with Gasteiger partial charge in [-0.3, -0.25) is 0 Å². The molecule has 0 aliphatic heterocycles. The van der Waals surface area contributed by atoms with Crippen LogP contribution in [-0.4, -0.2) is 9.79 Å². The van der Waals surface area contributed by atoms with Crippen LogP contribution in [0.5, 0.6) is 11.5 Å². The van der Waals surface area contributed by atoms with Gasteiger partial charge in [-0.25, -0.2) is 9.13 Å². The van der Waals surface area contributed by atoms with Gasteiger partial charge in [0.15, 0.2) is 0 Å². The van der Waals surface area contributed by atoms with Crippen molar-refractivity contribution in [2.75, 3.05) is 0 Å². The Morgan fingerprint density at radius 3 is 1.38 bits per heavy atom. The second kappa shape index (κ2) is 6.43. The number of rotatable bonds is 6. The first kappa shape index (κ1) is 15.8. The van der Waals surface area contributed by atoms with Crippen LogP contribution in [0.2, 0.25) is 0 Å². The van der Waals surface area contributed by atoms with Gasteiger partial charge in [-0.15, -0.1) is 4.86 Å². The predicted molar refractivity (Wildman–Crippen MR) is 76.9 cm³/mol. The van der Waals surface area contributed by atoms with Crippen molar-refractivity contribution in [3.05, 3.63) is 60.7 Å². The molecule has 0 aliphatic rings. The van der Waals surface area contributed by atoms with Crippen molar-refractivity contribution < 1.29 is 28.0 Å². The van der Waals surface area contributed by atoms with E-state index in [-0.39, 0.29) is 11.5 Å². The normalized spacial score (nSPS) is 16.5. The van der Waals surface area contributed by atoms with Crippen LogP contribution in [0.4, 0.5) is 0 Å². The Hall–Kier alpha value is -1.62. The van der Waals surface area contributed by atoms with Crippen LogP contribution in [0.1, 0.15) is 0 Å². The molecule has 0 aliphatic carbocycles. The number of nitrogens with one attached hydrogen (secondary N) is 1. The Morgan fingerprint density at radius 2 is 1.05 bits per heavy atom. The maximum atomic E-state index is 11.8. The van der Waals surface area contributed by atoms with Crippen LogP contribution in [0.25, 0.3) is 0 Å². The third-order valence-electron chi connectivity index (χ3n) is 2.20. The summed E-state index contributed by atoms with van der Waals surface area (Å²) in [6.45, 7) is 0. The SMILES string of the molecule is O=P(O)(NP(=O)(O)Oc1ccccc1)Oc1ccccc1. The van der Waals surface area contributed by atoms with Gasteiger partial charge in [0.1, 0.15) is 11.5 Å². The van der Waals surface area contributed by atoms with Crippen molar-refractivity contribution in [2.45, 2.75) is 0 Å². The Balaban J connectivity index is 2.04. The van der Waals surface area contributed by atoms with E-state index in [0.717, 1.165) is 0 Å². The van der Waals surface area contributed by atoms with E-state index in [1.54, 1.807) is 41.3 Å². The van der Waals surface area contributed by atoms with Crippen molar-refractivity contribution in [1.82, 2.24) is 4.86 Å². The van der Waals surface area contributed by atoms with Crippen molar-refractivity contribution in [2.24, 2.45) is 0 Å². The molecule has 0 aromatic heterocycles. The van der Waals surface area contributed by atoms with Gasteiger partial charge >= 0.3 is 15.5 Å². The Kier molecular flexibility index (Phi) is 4.83. The predicted octanol–water partition coefficient (Wildman–Crippen LogP) is 2.93. The minimum atomic E-state index is -4.56. The van der Waals surface area contributed by atoms with Crippen molar-refractivity contribution >= 4 is 15.5 Å². The number of para-hydroxylation sites is 2. The molecule has 0 amide bonds. The molecule has 2 aromatic rings. The van der Waals surface area contributed by atoms with Gasteiger partial charge in [0.05, 0.1) is 0 Å². The number of benzene rings is 2. The Bertz CT molecular complexity index is 619. The molecule has 0 heterocycles. The third-order valence-corrected chi connectivity index (χ3v) is 5.14. The van der Waals surface area contributed by atoms with Gasteiger partial charge in [-0.2, -0.15) is 0 Å². The summed E-state index contributed by atoms with van der Waals surface area (Å²) in [7, 11) is -9.12. The molecule has 0 saturated heterocycles. The molecule has 0 bridgehead atoms. The average Bonchev–Trinajstić information content (AvgIpc) is 2.38. The fourth-order valence-electron chi connectivity index (χ4n) is 1.45. The number of hydrogen-bond acceptors (Lipinski definition) is 4. The zero-order valence-electron chi connectivity index (χ0n) is 10.7. The first-order valence-corrected chi connectivity index (χ1v) is 8.96. The summed E-state index contributed by atoms with van der Waals surface area (Å²) in [5.41, 5.74) is 0. The van der Waals surface area contributed by atoms with Crippen molar-refractivity contribution in [3.63, 3.8) is 0 Å². The molecule has 0 radical (unpaired) electrons. The Labute approximate surface area is 121 Å².